The number of halogens is 2. The summed E-state index contributed by atoms with van der Waals surface area (Å²) in [5.41, 5.74) is 3.39. The van der Waals surface area contributed by atoms with Gasteiger partial charge in [0.2, 0.25) is 0 Å². The van der Waals surface area contributed by atoms with Crippen molar-refractivity contribution in [1.29, 1.82) is 0 Å². The van der Waals surface area contributed by atoms with Crippen molar-refractivity contribution in [3.63, 3.8) is 0 Å². The summed E-state index contributed by atoms with van der Waals surface area (Å²) in [5, 5.41) is 1.36. The van der Waals surface area contributed by atoms with Gasteiger partial charge in [-0.1, -0.05) is 53.5 Å². The number of hydrogen-bond donors (Lipinski definition) is 0. The zero-order valence-corrected chi connectivity index (χ0v) is 9.81. The molecule has 0 saturated carbocycles. The highest BCUT2D eigenvalue weighted by Gasteiger charge is 2.05. The highest BCUT2D eigenvalue weighted by atomic mass is 35.5. The van der Waals surface area contributed by atoms with Gasteiger partial charge in [0.1, 0.15) is 0 Å². The zero-order chi connectivity index (χ0) is 10.8. The van der Waals surface area contributed by atoms with Gasteiger partial charge in [-0.25, -0.2) is 0 Å². The monoisotopic (exact) mass is 236 g/mol. The van der Waals surface area contributed by atoms with Gasteiger partial charge in [0.05, 0.1) is 0 Å². The molecular formula is C13H10Cl2. The number of benzene rings is 2. The number of aryl methyl sites for hydroxylation is 1. The Bertz CT molecular complexity index is 490. The molecule has 2 heteroatoms. The molecule has 0 spiro atoms. The molecule has 0 nitrogen and oxygen atoms in total. The zero-order valence-electron chi connectivity index (χ0n) is 8.30. The van der Waals surface area contributed by atoms with E-state index in [-0.39, 0.29) is 0 Å². The van der Waals surface area contributed by atoms with E-state index in [1.807, 2.05) is 24.3 Å². The Morgan fingerprint density at radius 3 is 2.27 bits per heavy atom. The Morgan fingerprint density at radius 2 is 1.60 bits per heavy atom. The molecule has 0 fully saturated rings. The summed E-state index contributed by atoms with van der Waals surface area (Å²) < 4.78 is 0. The van der Waals surface area contributed by atoms with Crippen molar-refractivity contribution >= 4 is 23.2 Å². The third-order valence-corrected chi connectivity index (χ3v) is 2.91. The lowest BCUT2D eigenvalue weighted by Gasteiger charge is -2.07. The minimum absolute atomic E-state index is 0.664. The average molecular weight is 237 g/mol. The van der Waals surface area contributed by atoms with Gasteiger partial charge in [-0.2, -0.15) is 0 Å². The van der Waals surface area contributed by atoms with Gasteiger partial charge in [-0.15, -0.1) is 0 Å². The molecule has 0 amide bonds. The van der Waals surface area contributed by atoms with Gasteiger partial charge in [0, 0.05) is 15.6 Å². The Hall–Kier alpha value is -0.980. The summed E-state index contributed by atoms with van der Waals surface area (Å²) in [6.07, 6.45) is 0. The van der Waals surface area contributed by atoms with E-state index in [4.69, 9.17) is 23.2 Å². The van der Waals surface area contributed by atoms with E-state index in [1.54, 1.807) is 6.07 Å². The maximum absolute atomic E-state index is 6.15. The molecule has 0 aromatic heterocycles. The third kappa shape index (κ3) is 2.17. The Labute approximate surface area is 99.5 Å². The van der Waals surface area contributed by atoms with Crippen LogP contribution in [-0.2, 0) is 0 Å². The van der Waals surface area contributed by atoms with Crippen LogP contribution in [0.4, 0.5) is 0 Å². The fraction of sp³-hybridized carbons (Fsp3) is 0.0769. The molecule has 0 radical (unpaired) electrons. The highest BCUT2D eigenvalue weighted by Crippen LogP contribution is 2.31. The van der Waals surface area contributed by atoms with E-state index < -0.39 is 0 Å². The topological polar surface area (TPSA) is 0 Å². The summed E-state index contributed by atoms with van der Waals surface area (Å²) >= 11 is 12.0. The molecular weight excluding hydrogens is 227 g/mol. The third-order valence-electron chi connectivity index (χ3n) is 2.37. The van der Waals surface area contributed by atoms with Crippen molar-refractivity contribution in [2.24, 2.45) is 0 Å². The quantitative estimate of drug-likeness (QED) is 0.656. The Kier molecular flexibility index (Phi) is 2.99. The van der Waals surface area contributed by atoms with Crippen LogP contribution in [0.1, 0.15) is 5.56 Å². The molecule has 0 atom stereocenters. The van der Waals surface area contributed by atoms with Gasteiger partial charge < -0.3 is 0 Å². The second-order valence-electron chi connectivity index (χ2n) is 3.44. The van der Waals surface area contributed by atoms with Crippen molar-refractivity contribution in [2.45, 2.75) is 6.92 Å². The smallest absolute Gasteiger partial charge is 0.0499 e. The van der Waals surface area contributed by atoms with E-state index in [0.717, 1.165) is 11.1 Å². The van der Waals surface area contributed by atoms with Crippen LogP contribution in [0.3, 0.4) is 0 Å². The standard InChI is InChI=1S/C13H10Cl2/c1-9-4-2-3-5-11(9)12-7-6-10(14)8-13(12)15/h2-8H,1H3. The van der Waals surface area contributed by atoms with E-state index in [1.165, 1.54) is 5.56 Å². The van der Waals surface area contributed by atoms with Crippen LogP contribution in [-0.4, -0.2) is 0 Å². The molecule has 2 rings (SSSR count). The second-order valence-corrected chi connectivity index (χ2v) is 4.28. The van der Waals surface area contributed by atoms with Crippen LogP contribution >= 0.6 is 23.2 Å². The average Bonchev–Trinajstić information content (AvgIpc) is 2.20. The minimum atomic E-state index is 0.664. The summed E-state index contributed by atoms with van der Waals surface area (Å²) in [4.78, 5) is 0. The first-order valence-corrected chi connectivity index (χ1v) is 5.45. The fourth-order valence-electron chi connectivity index (χ4n) is 1.58. The lowest BCUT2D eigenvalue weighted by atomic mass is 10.0. The second kappa shape index (κ2) is 4.26. The molecule has 15 heavy (non-hydrogen) atoms. The lowest BCUT2D eigenvalue weighted by Crippen LogP contribution is -1.83. The lowest BCUT2D eigenvalue weighted by molar-refractivity contribution is 1.46. The predicted octanol–water partition coefficient (Wildman–Crippen LogP) is 4.97. The highest BCUT2D eigenvalue weighted by molar-refractivity contribution is 6.36. The molecule has 0 aliphatic carbocycles. The first-order valence-electron chi connectivity index (χ1n) is 4.69. The molecule has 0 aliphatic rings. The Morgan fingerprint density at radius 1 is 0.867 bits per heavy atom. The van der Waals surface area contributed by atoms with Gasteiger partial charge in [0.15, 0.2) is 0 Å². The minimum Gasteiger partial charge on any atom is -0.0843 e. The van der Waals surface area contributed by atoms with Crippen LogP contribution in [0.15, 0.2) is 42.5 Å². The summed E-state index contributed by atoms with van der Waals surface area (Å²) in [7, 11) is 0. The van der Waals surface area contributed by atoms with Crippen molar-refractivity contribution < 1.29 is 0 Å². The number of hydrogen-bond acceptors (Lipinski definition) is 0. The van der Waals surface area contributed by atoms with Crippen molar-refractivity contribution in [3.05, 3.63) is 58.1 Å². The molecule has 0 bridgehead atoms. The SMILES string of the molecule is Cc1ccccc1-c1ccc(Cl)cc1Cl. The molecule has 2 aromatic rings. The molecule has 0 aliphatic heterocycles. The normalized spacial score (nSPS) is 10.3. The van der Waals surface area contributed by atoms with Gasteiger partial charge >= 0.3 is 0 Å². The molecule has 2 aromatic carbocycles. The fourth-order valence-corrected chi connectivity index (χ4v) is 2.09. The number of rotatable bonds is 1. The molecule has 0 N–H and O–H groups in total. The van der Waals surface area contributed by atoms with Gasteiger partial charge in [0.25, 0.3) is 0 Å². The van der Waals surface area contributed by atoms with Crippen molar-refractivity contribution in [1.82, 2.24) is 0 Å². The van der Waals surface area contributed by atoms with Crippen LogP contribution < -0.4 is 0 Å². The summed E-state index contributed by atoms with van der Waals surface area (Å²) in [6, 6.07) is 13.7. The van der Waals surface area contributed by atoms with E-state index in [2.05, 4.69) is 19.1 Å². The Balaban J connectivity index is 2.60. The molecule has 0 heterocycles. The maximum Gasteiger partial charge on any atom is 0.0499 e. The van der Waals surface area contributed by atoms with Gasteiger partial charge in [-0.3, -0.25) is 0 Å². The summed E-state index contributed by atoms with van der Waals surface area (Å²) in [5.74, 6) is 0. The first kappa shape index (κ1) is 10.5. The van der Waals surface area contributed by atoms with E-state index in [0.29, 0.717) is 10.0 Å². The largest absolute Gasteiger partial charge is 0.0843 e. The van der Waals surface area contributed by atoms with Gasteiger partial charge in [-0.05, 0) is 30.2 Å². The van der Waals surface area contributed by atoms with E-state index in [9.17, 15) is 0 Å². The molecule has 0 unspecified atom stereocenters. The maximum atomic E-state index is 6.15. The van der Waals surface area contributed by atoms with Crippen molar-refractivity contribution in [2.75, 3.05) is 0 Å². The van der Waals surface area contributed by atoms with Crippen LogP contribution in [0.2, 0.25) is 10.0 Å². The van der Waals surface area contributed by atoms with Crippen molar-refractivity contribution in [3.8, 4) is 11.1 Å². The van der Waals surface area contributed by atoms with Crippen LogP contribution in [0.5, 0.6) is 0 Å². The first-order chi connectivity index (χ1) is 7.18. The van der Waals surface area contributed by atoms with E-state index >= 15 is 0 Å². The summed E-state index contributed by atoms with van der Waals surface area (Å²) in [6.45, 7) is 2.07. The van der Waals surface area contributed by atoms with Crippen LogP contribution in [0, 0.1) is 6.92 Å². The molecule has 0 saturated heterocycles. The molecule has 76 valence electrons. The predicted molar refractivity (Wildman–Crippen MR) is 66.6 cm³/mol. The van der Waals surface area contributed by atoms with Crippen LogP contribution in [0.25, 0.3) is 11.1 Å².